The first kappa shape index (κ1) is 22.7. The normalized spacial score (nSPS) is 19.9. The fourth-order valence-electron chi connectivity index (χ4n) is 3.36. The van der Waals surface area contributed by atoms with Crippen molar-refractivity contribution < 1.29 is 9.90 Å². The summed E-state index contributed by atoms with van der Waals surface area (Å²) in [4.78, 5) is 19.4. The van der Waals surface area contributed by atoms with Gasteiger partial charge in [0.2, 0.25) is 5.91 Å². The number of benzene rings is 1. The predicted molar refractivity (Wildman–Crippen MR) is 124 cm³/mol. The van der Waals surface area contributed by atoms with Crippen LogP contribution in [0.5, 0.6) is 5.75 Å². The molecule has 9 heteroatoms. The van der Waals surface area contributed by atoms with Gasteiger partial charge in [-0.3, -0.25) is 14.7 Å². The lowest BCUT2D eigenvalue weighted by atomic mass is 10.0. The first-order valence-corrected chi connectivity index (χ1v) is 11.5. The Morgan fingerprint density at radius 1 is 1.47 bits per heavy atom. The van der Waals surface area contributed by atoms with E-state index in [2.05, 4.69) is 34.1 Å². The Morgan fingerprint density at radius 2 is 2.23 bits per heavy atom. The number of amides is 1. The van der Waals surface area contributed by atoms with E-state index in [1.807, 2.05) is 24.1 Å². The van der Waals surface area contributed by atoms with Crippen molar-refractivity contribution in [2.45, 2.75) is 37.0 Å². The molecule has 0 spiro atoms. The van der Waals surface area contributed by atoms with E-state index in [1.165, 1.54) is 0 Å². The molecule has 2 heterocycles. The zero-order chi connectivity index (χ0) is 21.6. The molecule has 0 unspecified atom stereocenters. The van der Waals surface area contributed by atoms with E-state index < -0.39 is 5.66 Å². The zero-order valence-electron chi connectivity index (χ0n) is 17.0. The number of rotatable bonds is 11. The van der Waals surface area contributed by atoms with Gasteiger partial charge in [-0.25, -0.2) is 0 Å². The maximum Gasteiger partial charge on any atom is 0.238 e. The number of hydrogen-bond acceptors (Lipinski definition) is 8. The Hall–Kier alpha value is -2.02. The number of thioether (sulfide) groups is 1. The van der Waals surface area contributed by atoms with Crippen LogP contribution in [0.4, 0.5) is 0 Å². The van der Waals surface area contributed by atoms with Crippen molar-refractivity contribution in [2.24, 2.45) is 15.2 Å². The molecule has 2 aliphatic heterocycles. The lowest BCUT2D eigenvalue weighted by Gasteiger charge is -2.27. The molecule has 0 aliphatic carbocycles. The number of phenolic OH excluding ortho intramolecular Hbond substituents is 1. The number of aromatic hydroxyl groups is 1. The summed E-state index contributed by atoms with van der Waals surface area (Å²) in [5, 5.41) is 22.0. The van der Waals surface area contributed by atoms with Crippen molar-refractivity contribution in [3.8, 4) is 18.1 Å². The largest absolute Gasteiger partial charge is 0.507 e. The van der Waals surface area contributed by atoms with E-state index in [0.29, 0.717) is 31.7 Å². The van der Waals surface area contributed by atoms with E-state index in [0.717, 1.165) is 22.8 Å². The number of nitrogens with zero attached hydrogens (tertiary/aromatic N) is 4. The average Bonchev–Trinajstić information content (AvgIpc) is 3.35. The number of para-hydroxylation sites is 1. The van der Waals surface area contributed by atoms with Crippen LogP contribution in [0.3, 0.4) is 0 Å². The van der Waals surface area contributed by atoms with Gasteiger partial charge in [-0.1, -0.05) is 12.1 Å². The van der Waals surface area contributed by atoms with Crippen LogP contribution in [0.15, 0.2) is 39.5 Å². The summed E-state index contributed by atoms with van der Waals surface area (Å²) < 4.78 is 0. The zero-order valence-corrected chi connectivity index (χ0v) is 18.7. The van der Waals surface area contributed by atoms with Crippen LogP contribution in [0.1, 0.15) is 24.8 Å². The van der Waals surface area contributed by atoms with Gasteiger partial charge in [-0.2, -0.15) is 22.9 Å². The molecule has 2 aliphatic rings. The molecule has 7 nitrogen and oxygen atoms in total. The number of carbonyl (C=O) groups excluding carboxylic acids is 1. The minimum Gasteiger partial charge on any atom is -0.507 e. The van der Waals surface area contributed by atoms with Gasteiger partial charge in [0.05, 0.1) is 12.1 Å². The highest BCUT2D eigenvalue weighted by Gasteiger charge is 2.39. The first-order valence-electron chi connectivity index (χ1n) is 9.93. The lowest BCUT2D eigenvalue weighted by Crippen LogP contribution is -2.49. The summed E-state index contributed by atoms with van der Waals surface area (Å²) in [6, 6.07) is 6.92. The maximum atomic E-state index is 12.7. The minimum absolute atomic E-state index is 0.0564. The monoisotopic (exact) mass is 445 g/mol. The van der Waals surface area contributed by atoms with Crippen molar-refractivity contribution in [1.29, 1.82) is 0 Å². The summed E-state index contributed by atoms with van der Waals surface area (Å²) >= 11 is 6.01. The number of likely N-dealkylation sites (N-methyl/N-ethyl adjacent to an activating group) is 1. The molecule has 160 valence electrons. The number of terminal acetylenes is 1. The molecule has 1 aromatic carbocycles. The topological polar surface area (TPSA) is 89.7 Å². The number of aliphatic imine (C=N–C) groups is 1. The predicted octanol–water partition coefficient (Wildman–Crippen LogP) is 2.57. The van der Waals surface area contributed by atoms with Gasteiger partial charge in [0, 0.05) is 49.4 Å². The summed E-state index contributed by atoms with van der Waals surface area (Å²) in [6.45, 7) is 1.14. The summed E-state index contributed by atoms with van der Waals surface area (Å²) in [6.07, 6.45) is 7.33. The van der Waals surface area contributed by atoms with E-state index in [1.54, 1.807) is 23.9 Å². The van der Waals surface area contributed by atoms with Gasteiger partial charge >= 0.3 is 0 Å². The standard InChI is InChI=1S/C21H27N5O2S2/c1-3-4-9-21(24-25-21)10-11-22-19(28)17(13-29)26(2)12-15-14-30-20(23-15)16-7-5-6-8-18(16)27/h1,5-8,15,17,27,29H,4,9-14H2,2H3,(H,22,28)/t15-,17+/m1/s1. The molecule has 0 aromatic heterocycles. The summed E-state index contributed by atoms with van der Waals surface area (Å²) in [5.74, 6) is 4.01. The summed E-state index contributed by atoms with van der Waals surface area (Å²) in [7, 11) is 1.92. The first-order chi connectivity index (χ1) is 14.5. The van der Waals surface area contributed by atoms with Crippen molar-refractivity contribution in [1.82, 2.24) is 10.2 Å². The van der Waals surface area contributed by atoms with Crippen LogP contribution in [0.25, 0.3) is 0 Å². The van der Waals surface area contributed by atoms with Gasteiger partial charge in [-0.15, -0.1) is 24.1 Å². The third-order valence-corrected chi connectivity index (χ3v) is 6.73. The summed E-state index contributed by atoms with van der Waals surface area (Å²) in [5.41, 5.74) is 0.364. The second-order valence-electron chi connectivity index (χ2n) is 7.48. The van der Waals surface area contributed by atoms with Gasteiger partial charge in [0.15, 0.2) is 5.66 Å². The Morgan fingerprint density at radius 3 is 2.90 bits per heavy atom. The van der Waals surface area contributed by atoms with Gasteiger partial charge in [0.25, 0.3) is 0 Å². The molecule has 1 amide bonds. The second kappa shape index (κ2) is 10.3. The van der Waals surface area contributed by atoms with Gasteiger partial charge < -0.3 is 10.4 Å². The molecule has 0 fully saturated rings. The highest BCUT2D eigenvalue weighted by molar-refractivity contribution is 8.14. The van der Waals surface area contributed by atoms with Gasteiger partial charge in [-0.05, 0) is 19.2 Å². The molecule has 2 atom stereocenters. The fraction of sp³-hybridized carbons (Fsp3) is 0.524. The van der Waals surface area contributed by atoms with Crippen molar-refractivity contribution in [2.75, 3.05) is 31.6 Å². The van der Waals surface area contributed by atoms with Crippen LogP contribution >= 0.6 is 24.4 Å². The lowest BCUT2D eigenvalue weighted by molar-refractivity contribution is -0.125. The minimum atomic E-state index is -0.392. The number of carbonyl (C=O) groups is 1. The number of phenols is 1. The Kier molecular flexibility index (Phi) is 7.81. The molecule has 0 radical (unpaired) electrons. The van der Waals surface area contributed by atoms with E-state index in [4.69, 9.17) is 11.4 Å². The van der Waals surface area contributed by atoms with Crippen LogP contribution in [0, 0.1) is 12.3 Å². The Bertz CT molecular complexity index is 861. The van der Waals surface area contributed by atoms with E-state index in [-0.39, 0.29) is 23.7 Å². The Labute approximate surface area is 187 Å². The van der Waals surface area contributed by atoms with Crippen LogP contribution < -0.4 is 5.32 Å². The highest BCUT2D eigenvalue weighted by atomic mass is 32.2. The van der Waals surface area contributed by atoms with Crippen LogP contribution in [-0.4, -0.2) is 70.3 Å². The van der Waals surface area contributed by atoms with Crippen molar-refractivity contribution >= 4 is 35.3 Å². The quantitative estimate of drug-likeness (QED) is 0.361. The molecule has 2 N–H and O–H groups in total. The SMILES string of the molecule is C#CCCC1(CCNC(=O)[C@H](CS)N(C)C[C@@H]2CSC(c3ccccc3O)=N2)N=N1. The molecule has 3 rings (SSSR count). The highest BCUT2D eigenvalue weighted by Crippen LogP contribution is 2.36. The number of hydrogen-bond donors (Lipinski definition) is 3. The number of nitrogens with one attached hydrogen (secondary N) is 1. The van der Waals surface area contributed by atoms with Crippen LogP contribution in [-0.2, 0) is 4.79 Å². The average molecular weight is 446 g/mol. The Balaban J connectivity index is 1.48. The molecular formula is C21H27N5O2S2. The van der Waals surface area contributed by atoms with Gasteiger partial charge in [0.1, 0.15) is 10.8 Å². The van der Waals surface area contributed by atoms with Crippen molar-refractivity contribution in [3.05, 3.63) is 29.8 Å². The van der Waals surface area contributed by atoms with Crippen molar-refractivity contribution in [3.63, 3.8) is 0 Å². The molecule has 1 aromatic rings. The fourth-order valence-corrected chi connectivity index (χ4v) is 4.89. The van der Waals surface area contributed by atoms with Crippen LogP contribution in [0.2, 0.25) is 0 Å². The smallest absolute Gasteiger partial charge is 0.238 e. The second-order valence-corrected chi connectivity index (χ2v) is 8.86. The van der Waals surface area contributed by atoms with E-state index >= 15 is 0 Å². The molecule has 0 saturated heterocycles. The third-order valence-electron chi connectivity index (χ3n) is 5.23. The number of thiol groups is 1. The van der Waals surface area contributed by atoms with E-state index in [9.17, 15) is 9.90 Å². The molecule has 30 heavy (non-hydrogen) atoms. The molecule has 0 bridgehead atoms. The molecular weight excluding hydrogens is 418 g/mol. The third kappa shape index (κ3) is 5.78. The maximum absolute atomic E-state index is 12.7. The molecule has 0 saturated carbocycles.